The molecule has 0 rings (SSSR count). The van der Waals surface area contributed by atoms with Gasteiger partial charge in [0.2, 0.25) is 0 Å². The Morgan fingerprint density at radius 1 is 1.09 bits per heavy atom. The number of hydrogen-bond acceptors (Lipinski definition) is 0. The summed E-state index contributed by atoms with van der Waals surface area (Å²) in [4.78, 5) is 0. The Labute approximate surface area is 71.7 Å². The predicted molar refractivity (Wildman–Crippen MR) is 52.5 cm³/mol. The molecule has 0 atom stereocenters. The van der Waals surface area contributed by atoms with Crippen LogP contribution in [0.1, 0.15) is 51.9 Å². The van der Waals surface area contributed by atoms with Crippen molar-refractivity contribution in [1.29, 1.82) is 0 Å². The van der Waals surface area contributed by atoms with E-state index in [4.69, 9.17) is 0 Å². The monoisotopic (exact) mass is 153 g/mol. The zero-order valence-corrected chi connectivity index (χ0v) is 7.86. The fourth-order valence-electron chi connectivity index (χ4n) is 1.18. The van der Waals surface area contributed by atoms with E-state index in [0.29, 0.717) is 0 Å². The fourth-order valence-corrected chi connectivity index (χ4v) is 1.18. The van der Waals surface area contributed by atoms with E-state index in [1.807, 2.05) is 0 Å². The molecule has 0 amide bonds. The van der Waals surface area contributed by atoms with Crippen LogP contribution < -0.4 is 0 Å². The van der Waals surface area contributed by atoms with Gasteiger partial charge in [0.25, 0.3) is 0 Å². The summed E-state index contributed by atoms with van der Waals surface area (Å²) in [7, 11) is 0. The number of unbranched alkanes of at least 4 members (excludes halogenated alkanes) is 3. The predicted octanol–water partition coefficient (Wildman–Crippen LogP) is 4.13. The molecule has 0 aliphatic heterocycles. The average Bonchev–Trinajstić information content (AvgIpc) is 1.99. The Kier molecular flexibility index (Phi) is 7.66. The van der Waals surface area contributed by atoms with Gasteiger partial charge in [0.1, 0.15) is 0 Å². The van der Waals surface area contributed by atoms with E-state index >= 15 is 0 Å². The van der Waals surface area contributed by atoms with Gasteiger partial charge in [0, 0.05) is 0 Å². The molecule has 0 heteroatoms. The van der Waals surface area contributed by atoms with Crippen LogP contribution in [-0.2, 0) is 0 Å². The lowest BCUT2D eigenvalue weighted by atomic mass is 10.0. The molecule has 0 aromatic rings. The van der Waals surface area contributed by atoms with Crippen LogP contribution in [0.5, 0.6) is 0 Å². The lowest BCUT2D eigenvalue weighted by Gasteiger charge is -2.02. The van der Waals surface area contributed by atoms with Crippen LogP contribution >= 0.6 is 0 Å². The molecule has 0 saturated carbocycles. The van der Waals surface area contributed by atoms with Crippen molar-refractivity contribution < 1.29 is 0 Å². The summed E-state index contributed by atoms with van der Waals surface area (Å²) in [6.45, 7) is 10.1. The molecule has 0 aliphatic rings. The van der Waals surface area contributed by atoms with Gasteiger partial charge < -0.3 is 0 Å². The molecule has 65 valence electrons. The second-order valence-corrected chi connectivity index (χ2v) is 3.16. The summed E-state index contributed by atoms with van der Waals surface area (Å²) in [5.41, 5.74) is 1.39. The zero-order chi connectivity index (χ0) is 8.53. The largest absolute Gasteiger partial charge is 0.0999 e. The Balaban J connectivity index is 3.04. The molecule has 0 aromatic heterocycles. The van der Waals surface area contributed by atoms with Crippen molar-refractivity contribution in [3.8, 4) is 0 Å². The highest BCUT2D eigenvalue weighted by Gasteiger charge is 1.92. The minimum Gasteiger partial charge on any atom is -0.0999 e. The Morgan fingerprint density at radius 3 is 2.36 bits per heavy atom. The van der Waals surface area contributed by atoms with Crippen LogP contribution in [0.25, 0.3) is 0 Å². The number of hydrogen-bond donors (Lipinski definition) is 0. The summed E-state index contributed by atoms with van der Waals surface area (Å²) in [6.07, 6.45) is 8.73. The molecular formula is C11H21. The molecule has 0 nitrogen and oxygen atoms in total. The summed E-state index contributed by atoms with van der Waals surface area (Å²) in [5.74, 6) is 0. The van der Waals surface area contributed by atoms with Crippen LogP contribution in [0.15, 0.2) is 12.2 Å². The van der Waals surface area contributed by atoms with Gasteiger partial charge in [-0.05, 0) is 25.7 Å². The van der Waals surface area contributed by atoms with Crippen molar-refractivity contribution in [2.75, 3.05) is 0 Å². The average molecular weight is 153 g/mol. The second-order valence-electron chi connectivity index (χ2n) is 3.16. The molecule has 0 unspecified atom stereocenters. The third kappa shape index (κ3) is 7.64. The Bertz CT molecular complexity index is 92.2. The van der Waals surface area contributed by atoms with E-state index in [1.54, 1.807) is 0 Å². The van der Waals surface area contributed by atoms with Crippen molar-refractivity contribution in [2.24, 2.45) is 0 Å². The first kappa shape index (κ1) is 10.7. The molecule has 11 heavy (non-hydrogen) atoms. The summed E-state index contributed by atoms with van der Waals surface area (Å²) >= 11 is 0. The molecule has 0 saturated heterocycles. The van der Waals surface area contributed by atoms with E-state index in [0.717, 1.165) is 12.8 Å². The quantitative estimate of drug-likeness (QED) is 0.381. The molecule has 0 N–H and O–H groups in total. The molecular weight excluding hydrogens is 132 g/mol. The molecule has 0 heterocycles. The smallest absolute Gasteiger partial charge is 0.0323 e. The van der Waals surface area contributed by atoms with Crippen LogP contribution in [0.4, 0.5) is 0 Å². The number of allylic oxidation sites excluding steroid dienone is 1. The molecule has 0 aliphatic carbocycles. The van der Waals surface area contributed by atoms with E-state index in [1.165, 1.54) is 37.7 Å². The SMILES string of the molecule is [CH2]CCC(=C)CCCCCC. The van der Waals surface area contributed by atoms with Crippen molar-refractivity contribution in [3.63, 3.8) is 0 Å². The van der Waals surface area contributed by atoms with Crippen molar-refractivity contribution in [2.45, 2.75) is 51.9 Å². The molecule has 0 spiro atoms. The summed E-state index contributed by atoms with van der Waals surface area (Å²) in [6, 6.07) is 0. The van der Waals surface area contributed by atoms with Crippen molar-refractivity contribution in [1.82, 2.24) is 0 Å². The third-order valence-corrected chi connectivity index (χ3v) is 1.91. The van der Waals surface area contributed by atoms with Gasteiger partial charge in [0.05, 0.1) is 0 Å². The topological polar surface area (TPSA) is 0 Å². The van der Waals surface area contributed by atoms with Crippen LogP contribution in [0, 0.1) is 6.92 Å². The zero-order valence-electron chi connectivity index (χ0n) is 7.86. The third-order valence-electron chi connectivity index (χ3n) is 1.91. The molecule has 0 aromatic carbocycles. The first-order chi connectivity index (χ1) is 5.31. The van der Waals surface area contributed by atoms with Crippen molar-refractivity contribution in [3.05, 3.63) is 19.1 Å². The van der Waals surface area contributed by atoms with E-state index in [9.17, 15) is 0 Å². The summed E-state index contributed by atoms with van der Waals surface area (Å²) in [5, 5.41) is 0. The van der Waals surface area contributed by atoms with E-state index in [2.05, 4.69) is 20.4 Å². The maximum atomic E-state index is 4.00. The van der Waals surface area contributed by atoms with Crippen LogP contribution in [-0.4, -0.2) is 0 Å². The van der Waals surface area contributed by atoms with Gasteiger partial charge in [-0.2, -0.15) is 0 Å². The highest BCUT2D eigenvalue weighted by molar-refractivity contribution is 4.93. The molecule has 1 radical (unpaired) electrons. The van der Waals surface area contributed by atoms with E-state index < -0.39 is 0 Å². The minimum atomic E-state index is 1.01. The van der Waals surface area contributed by atoms with Gasteiger partial charge in [-0.15, -0.1) is 0 Å². The number of rotatable bonds is 7. The highest BCUT2D eigenvalue weighted by Crippen LogP contribution is 2.12. The summed E-state index contributed by atoms with van der Waals surface area (Å²) < 4.78 is 0. The molecule has 0 fully saturated rings. The van der Waals surface area contributed by atoms with Gasteiger partial charge >= 0.3 is 0 Å². The Hall–Kier alpha value is -0.260. The lowest BCUT2D eigenvalue weighted by molar-refractivity contribution is 0.655. The minimum absolute atomic E-state index is 1.01. The molecule has 0 bridgehead atoms. The van der Waals surface area contributed by atoms with Crippen LogP contribution in [0.2, 0.25) is 0 Å². The van der Waals surface area contributed by atoms with Gasteiger partial charge in [0.15, 0.2) is 0 Å². The fraction of sp³-hybridized carbons (Fsp3) is 0.727. The van der Waals surface area contributed by atoms with E-state index in [-0.39, 0.29) is 0 Å². The first-order valence-electron chi connectivity index (χ1n) is 4.77. The van der Waals surface area contributed by atoms with Crippen molar-refractivity contribution >= 4 is 0 Å². The highest BCUT2D eigenvalue weighted by atomic mass is 14.0. The maximum absolute atomic E-state index is 4.00. The second kappa shape index (κ2) is 7.84. The first-order valence-corrected chi connectivity index (χ1v) is 4.77. The van der Waals surface area contributed by atoms with Gasteiger partial charge in [-0.3, -0.25) is 0 Å². The standard InChI is InChI=1S/C11H21/c1-4-6-7-8-10-11(3)9-5-2/h2-10H2,1H3. The normalized spacial score (nSPS) is 10.0. The van der Waals surface area contributed by atoms with Gasteiger partial charge in [-0.25, -0.2) is 0 Å². The lowest BCUT2D eigenvalue weighted by Crippen LogP contribution is -1.82. The van der Waals surface area contributed by atoms with Gasteiger partial charge in [-0.1, -0.05) is 45.3 Å². The Morgan fingerprint density at radius 2 is 1.82 bits per heavy atom. The van der Waals surface area contributed by atoms with Crippen LogP contribution in [0.3, 0.4) is 0 Å². The maximum Gasteiger partial charge on any atom is -0.0323 e.